The van der Waals surface area contributed by atoms with E-state index in [0.29, 0.717) is 6.54 Å². The first-order valence-corrected chi connectivity index (χ1v) is 5.78. The maximum Gasteiger partial charge on any atom is 0.242 e. The summed E-state index contributed by atoms with van der Waals surface area (Å²) in [4.78, 5) is 13.7. The van der Waals surface area contributed by atoms with E-state index >= 15 is 0 Å². The second-order valence-corrected chi connectivity index (χ2v) is 4.83. The highest BCUT2D eigenvalue weighted by Gasteiger charge is 2.42. The molecule has 1 aliphatic heterocycles. The van der Waals surface area contributed by atoms with Gasteiger partial charge in [0.15, 0.2) is 0 Å². The molecule has 0 aromatic carbocycles. The highest BCUT2D eigenvalue weighted by Crippen LogP contribution is 2.30. The van der Waals surface area contributed by atoms with Crippen LogP contribution in [0.5, 0.6) is 0 Å². The molecule has 2 fully saturated rings. The molecule has 2 aliphatic rings. The first kappa shape index (κ1) is 13.7. The monoisotopic (exact) mass is 248 g/mol. The minimum absolute atomic E-state index is 0. The van der Waals surface area contributed by atoms with Crippen LogP contribution in [0.15, 0.2) is 0 Å². The Labute approximate surface area is 103 Å². The van der Waals surface area contributed by atoms with Crippen molar-refractivity contribution in [3.63, 3.8) is 0 Å². The van der Waals surface area contributed by atoms with Crippen LogP contribution >= 0.6 is 12.4 Å². The number of rotatable bonds is 3. The zero-order chi connectivity index (χ0) is 10.9. The SMILES string of the molecule is CN(CC1CCCO1)C(=O)C1(N)CCC1.Cl. The predicted octanol–water partition coefficient (Wildman–Crippen LogP) is 0.927. The molecular formula is C11H21ClN2O2. The number of hydrogen-bond donors (Lipinski definition) is 1. The fourth-order valence-electron chi connectivity index (χ4n) is 2.33. The average molecular weight is 249 g/mol. The van der Waals surface area contributed by atoms with Crippen molar-refractivity contribution in [3.05, 3.63) is 0 Å². The molecule has 0 radical (unpaired) electrons. The number of carbonyl (C=O) groups is 1. The van der Waals surface area contributed by atoms with Gasteiger partial charge in [-0.25, -0.2) is 0 Å². The van der Waals surface area contributed by atoms with Crippen LogP contribution in [-0.2, 0) is 9.53 Å². The van der Waals surface area contributed by atoms with Gasteiger partial charge in [-0.1, -0.05) is 0 Å². The van der Waals surface area contributed by atoms with Crippen molar-refractivity contribution in [1.82, 2.24) is 4.90 Å². The number of carbonyl (C=O) groups excluding carboxylic acids is 1. The van der Waals surface area contributed by atoms with E-state index in [4.69, 9.17) is 10.5 Å². The minimum Gasteiger partial charge on any atom is -0.376 e. The lowest BCUT2D eigenvalue weighted by molar-refractivity contribution is -0.140. The maximum atomic E-state index is 12.0. The van der Waals surface area contributed by atoms with Gasteiger partial charge < -0.3 is 15.4 Å². The molecular weight excluding hydrogens is 228 g/mol. The van der Waals surface area contributed by atoms with Gasteiger partial charge in [-0.05, 0) is 32.1 Å². The Morgan fingerprint density at radius 2 is 2.19 bits per heavy atom. The smallest absolute Gasteiger partial charge is 0.242 e. The highest BCUT2D eigenvalue weighted by molar-refractivity contribution is 5.86. The summed E-state index contributed by atoms with van der Waals surface area (Å²) in [5, 5.41) is 0. The number of likely N-dealkylation sites (N-methyl/N-ethyl adjacent to an activating group) is 1. The lowest BCUT2D eigenvalue weighted by atomic mass is 9.76. The standard InChI is InChI=1S/C11H20N2O2.ClH/c1-13(8-9-4-2-7-15-9)10(14)11(12)5-3-6-11;/h9H,2-8,12H2,1H3;1H. The van der Waals surface area contributed by atoms with Crippen LogP contribution < -0.4 is 5.73 Å². The van der Waals surface area contributed by atoms with E-state index < -0.39 is 5.54 Å². The Kier molecular flexibility index (Phi) is 4.59. The molecule has 5 heteroatoms. The van der Waals surface area contributed by atoms with Gasteiger partial charge in [-0.15, -0.1) is 12.4 Å². The normalized spacial score (nSPS) is 26.8. The quantitative estimate of drug-likeness (QED) is 0.808. The summed E-state index contributed by atoms with van der Waals surface area (Å²) >= 11 is 0. The van der Waals surface area contributed by atoms with Crippen LogP contribution in [0, 0.1) is 0 Å². The molecule has 0 aromatic rings. The summed E-state index contributed by atoms with van der Waals surface area (Å²) in [6, 6.07) is 0. The van der Waals surface area contributed by atoms with Crippen molar-refractivity contribution in [2.24, 2.45) is 5.73 Å². The zero-order valence-corrected chi connectivity index (χ0v) is 10.6. The molecule has 1 saturated carbocycles. The van der Waals surface area contributed by atoms with E-state index in [1.54, 1.807) is 4.90 Å². The molecule has 2 rings (SSSR count). The summed E-state index contributed by atoms with van der Waals surface area (Å²) in [6.07, 6.45) is 5.15. The molecule has 1 unspecified atom stereocenters. The molecule has 1 heterocycles. The second kappa shape index (κ2) is 5.34. The Balaban J connectivity index is 0.00000128. The van der Waals surface area contributed by atoms with Crippen LogP contribution in [0.2, 0.25) is 0 Å². The van der Waals surface area contributed by atoms with Crippen LogP contribution in [0.4, 0.5) is 0 Å². The van der Waals surface area contributed by atoms with E-state index in [-0.39, 0.29) is 24.4 Å². The molecule has 4 nitrogen and oxygen atoms in total. The molecule has 1 aliphatic carbocycles. The summed E-state index contributed by atoms with van der Waals surface area (Å²) in [5.74, 6) is 0.0873. The maximum absolute atomic E-state index is 12.0. The summed E-state index contributed by atoms with van der Waals surface area (Å²) in [7, 11) is 1.83. The van der Waals surface area contributed by atoms with Gasteiger partial charge >= 0.3 is 0 Å². The predicted molar refractivity (Wildman–Crippen MR) is 64.6 cm³/mol. The minimum atomic E-state index is -0.562. The van der Waals surface area contributed by atoms with Gasteiger partial charge in [0.2, 0.25) is 5.91 Å². The molecule has 0 aromatic heterocycles. The van der Waals surface area contributed by atoms with E-state index in [2.05, 4.69) is 0 Å². The molecule has 1 amide bonds. The molecule has 94 valence electrons. The Morgan fingerprint density at radius 3 is 2.62 bits per heavy atom. The van der Waals surface area contributed by atoms with Crippen molar-refractivity contribution in [2.45, 2.75) is 43.7 Å². The molecule has 0 bridgehead atoms. The summed E-state index contributed by atoms with van der Waals surface area (Å²) < 4.78 is 5.50. The van der Waals surface area contributed by atoms with Crippen LogP contribution in [0.3, 0.4) is 0 Å². The van der Waals surface area contributed by atoms with Gasteiger partial charge in [-0.3, -0.25) is 4.79 Å². The number of ether oxygens (including phenoxy) is 1. The van der Waals surface area contributed by atoms with Crippen molar-refractivity contribution in [1.29, 1.82) is 0 Å². The van der Waals surface area contributed by atoms with Crippen molar-refractivity contribution < 1.29 is 9.53 Å². The lowest BCUT2D eigenvalue weighted by Crippen LogP contribution is -2.59. The van der Waals surface area contributed by atoms with Crippen LogP contribution in [-0.4, -0.2) is 42.6 Å². The van der Waals surface area contributed by atoms with Gasteiger partial charge in [0, 0.05) is 20.2 Å². The third kappa shape index (κ3) is 2.67. The van der Waals surface area contributed by atoms with Crippen LogP contribution in [0.25, 0.3) is 0 Å². The van der Waals surface area contributed by atoms with E-state index in [0.717, 1.165) is 38.7 Å². The first-order valence-electron chi connectivity index (χ1n) is 5.78. The summed E-state index contributed by atoms with van der Waals surface area (Å²) in [5.41, 5.74) is 5.43. The third-order valence-electron chi connectivity index (χ3n) is 3.52. The largest absolute Gasteiger partial charge is 0.376 e. The molecule has 0 spiro atoms. The number of hydrogen-bond acceptors (Lipinski definition) is 3. The topological polar surface area (TPSA) is 55.6 Å². The van der Waals surface area contributed by atoms with Gasteiger partial charge in [-0.2, -0.15) is 0 Å². The van der Waals surface area contributed by atoms with Crippen molar-refractivity contribution in [2.75, 3.05) is 20.2 Å². The highest BCUT2D eigenvalue weighted by atomic mass is 35.5. The van der Waals surface area contributed by atoms with E-state index in [1.165, 1.54) is 0 Å². The number of halogens is 1. The summed E-state index contributed by atoms with van der Waals surface area (Å²) in [6.45, 7) is 1.53. The van der Waals surface area contributed by atoms with Gasteiger partial charge in [0.1, 0.15) is 0 Å². The zero-order valence-electron chi connectivity index (χ0n) is 9.78. The molecule has 2 N–H and O–H groups in total. The Hall–Kier alpha value is -0.320. The number of nitrogens with two attached hydrogens (primary N) is 1. The third-order valence-corrected chi connectivity index (χ3v) is 3.52. The fraction of sp³-hybridized carbons (Fsp3) is 0.909. The molecule has 16 heavy (non-hydrogen) atoms. The van der Waals surface area contributed by atoms with Crippen LogP contribution in [0.1, 0.15) is 32.1 Å². The van der Waals surface area contributed by atoms with Gasteiger partial charge in [0.05, 0.1) is 11.6 Å². The molecule has 1 saturated heterocycles. The lowest BCUT2D eigenvalue weighted by Gasteiger charge is -2.39. The Bertz CT molecular complexity index is 250. The molecule has 1 atom stereocenters. The van der Waals surface area contributed by atoms with Crippen molar-refractivity contribution >= 4 is 18.3 Å². The average Bonchev–Trinajstić information content (AvgIpc) is 2.65. The second-order valence-electron chi connectivity index (χ2n) is 4.83. The first-order chi connectivity index (χ1) is 7.12. The number of amides is 1. The van der Waals surface area contributed by atoms with E-state index in [9.17, 15) is 4.79 Å². The Morgan fingerprint density at radius 1 is 1.50 bits per heavy atom. The van der Waals surface area contributed by atoms with Crippen molar-refractivity contribution in [3.8, 4) is 0 Å². The fourth-order valence-corrected chi connectivity index (χ4v) is 2.33. The number of nitrogens with zero attached hydrogens (tertiary/aromatic N) is 1. The van der Waals surface area contributed by atoms with E-state index in [1.807, 2.05) is 7.05 Å². The van der Waals surface area contributed by atoms with Gasteiger partial charge in [0.25, 0.3) is 0 Å².